The Kier molecular flexibility index (Phi) is 3.00. The van der Waals surface area contributed by atoms with Crippen molar-refractivity contribution in [2.24, 2.45) is 5.73 Å². The number of rotatable bonds is 2. The third-order valence-corrected chi connectivity index (χ3v) is 2.62. The lowest BCUT2D eigenvalue weighted by Crippen LogP contribution is -2.38. The molecule has 1 atom stereocenters. The van der Waals surface area contributed by atoms with Crippen molar-refractivity contribution >= 4 is 11.7 Å². The molecule has 1 aromatic rings. The second-order valence-electron chi connectivity index (χ2n) is 3.88. The summed E-state index contributed by atoms with van der Waals surface area (Å²) in [6.45, 7) is 1.41. The number of aliphatic hydroxyl groups is 1. The van der Waals surface area contributed by atoms with Gasteiger partial charge in [0.1, 0.15) is 0 Å². The molecule has 0 radical (unpaired) electrons. The van der Waals surface area contributed by atoms with Gasteiger partial charge < -0.3 is 15.7 Å². The molecule has 3 N–H and O–H groups in total. The lowest BCUT2D eigenvalue weighted by molar-refractivity contribution is 0.0994. The highest BCUT2D eigenvalue weighted by atomic mass is 16.3. The van der Waals surface area contributed by atoms with Crippen LogP contribution < -0.4 is 10.6 Å². The van der Waals surface area contributed by atoms with Crippen molar-refractivity contribution in [1.82, 2.24) is 10.2 Å². The van der Waals surface area contributed by atoms with Crippen molar-refractivity contribution in [2.45, 2.75) is 18.9 Å². The highest BCUT2D eigenvalue weighted by molar-refractivity contribution is 5.90. The number of hydrogen-bond donors (Lipinski definition) is 2. The van der Waals surface area contributed by atoms with Crippen LogP contribution in [0.3, 0.4) is 0 Å². The minimum absolute atomic E-state index is 0.154. The van der Waals surface area contributed by atoms with Crippen molar-refractivity contribution in [2.75, 3.05) is 18.0 Å². The summed E-state index contributed by atoms with van der Waals surface area (Å²) in [5, 5.41) is 17.2. The van der Waals surface area contributed by atoms with Crippen LogP contribution in [0.25, 0.3) is 0 Å². The Morgan fingerprint density at radius 1 is 1.50 bits per heavy atom. The maximum Gasteiger partial charge on any atom is 0.269 e. The monoisotopic (exact) mass is 222 g/mol. The third-order valence-electron chi connectivity index (χ3n) is 2.62. The van der Waals surface area contributed by atoms with E-state index < -0.39 is 5.91 Å². The number of nitrogens with two attached hydrogens (primary N) is 1. The fourth-order valence-electron chi connectivity index (χ4n) is 1.79. The Hall–Kier alpha value is -1.69. The molecule has 16 heavy (non-hydrogen) atoms. The van der Waals surface area contributed by atoms with E-state index in [1.807, 2.05) is 4.90 Å². The van der Waals surface area contributed by atoms with Crippen LogP contribution in [0.4, 0.5) is 5.82 Å². The zero-order valence-electron chi connectivity index (χ0n) is 8.83. The molecule has 2 rings (SSSR count). The molecule has 2 heterocycles. The molecule has 1 amide bonds. The van der Waals surface area contributed by atoms with Gasteiger partial charge in [-0.1, -0.05) is 0 Å². The number of primary amides is 1. The van der Waals surface area contributed by atoms with Crippen LogP contribution in [-0.2, 0) is 0 Å². The molecule has 0 aliphatic carbocycles. The number of carbonyl (C=O) groups excluding carboxylic acids is 1. The normalized spacial score (nSPS) is 20.8. The Bertz CT molecular complexity index is 379. The maximum atomic E-state index is 10.8. The Morgan fingerprint density at radius 2 is 2.31 bits per heavy atom. The van der Waals surface area contributed by atoms with E-state index in [9.17, 15) is 9.90 Å². The summed E-state index contributed by atoms with van der Waals surface area (Å²) in [6.07, 6.45) is 1.44. The van der Waals surface area contributed by atoms with E-state index in [2.05, 4.69) is 10.2 Å². The minimum Gasteiger partial charge on any atom is -0.391 e. The first-order valence-corrected chi connectivity index (χ1v) is 5.23. The second kappa shape index (κ2) is 4.44. The predicted octanol–water partition coefficient (Wildman–Crippen LogP) is -0.463. The van der Waals surface area contributed by atoms with E-state index in [0.717, 1.165) is 19.4 Å². The van der Waals surface area contributed by atoms with Crippen molar-refractivity contribution < 1.29 is 9.90 Å². The number of nitrogens with zero attached hydrogens (tertiary/aromatic N) is 3. The SMILES string of the molecule is NC(=O)c1ccc(N2CCC[C@@H](O)C2)nn1. The lowest BCUT2D eigenvalue weighted by Gasteiger charge is -2.30. The Labute approximate surface area is 93.1 Å². The molecule has 1 aromatic heterocycles. The molecule has 0 unspecified atom stereocenters. The molecule has 1 saturated heterocycles. The zero-order chi connectivity index (χ0) is 11.5. The van der Waals surface area contributed by atoms with E-state index in [0.29, 0.717) is 12.4 Å². The number of β-amino-alcohol motifs (C(OH)–C–C–N with tert-alkyl or cyclic N) is 1. The molecule has 0 spiro atoms. The summed E-state index contributed by atoms with van der Waals surface area (Å²) in [6, 6.07) is 3.25. The van der Waals surface area contributed by atoms with E-state index in [4.69, 9.17) is 5.73 Å². The highest BCUT2D eigenvalue weighted by Gasteiger charge is 2.19. The quantitative estimate of drug-likeness (QED) is 0.706. The fraction of sp³-hybridized carbons (Fsp3) is 0.500. The summed E-state index contributed by atoms with van der Waals surface area (Å²) in [5.41, 5.74) is 5.22. The number of aromatic nitrogens is 2. The van der Waals surface area contributed by atoms with Gasteiger partial charge in [0.05, 0.1) is 6.10 Å². The third kappa shape index (κ3) is 2.27. The predicted molar refractivity (Wildman–Crippen MR) is 58.0 cm³/mol. The van der Waals surface area contributed by atoms with Gasteiger partial charge in [-0.25, -0.2) is 0 Å². The van der Waals surface area contributed by atoms with Crippen LogP contribution in [0.5, 0.6) is 0 Å². The highest BCUT2D eigenvalue weighted by Crippen LogP contribution is 2.16. The Balaban J connectivity index is 2.11. The summed E-state index contributed by atoms with van der Waals surface area (Å²) < 4.78 is 0. The molecule has 6 heteroatoms. The smallest absolute Gasteiger partial charge is 0.269 e. The van der Waals surface area contributed by atoms with Crippen LogP contribution in [-0.4, -0.2) is 40.4 Å². The van der Waals surface area contributed by atoms with Crippen LogP contribution >= 0.6 is 0 Å². The van der Waals surface area contributed by atoms with Gasteiger partial charge >= 0.3 is 0 Å². The van der Waals surface area contributed by atoms with Crippen molar-refractivity contribution in [3.63, 3.8) is 0 Å². The van der Waals surface area contributed by atoms with Gasteiger partial charge in [-0.3, -0.25) is 4.79 Å². The molecule has 0 bridgehead atoms. The average Bonchev–Trinajstić information content (AvgIpc) is 2.29. The largest absolute Gasteiger partial charge is 0.391 e. The van der Waals surface area contributed by atoms with Gasteiger partial charge in [0.2, 0.25) is 0 Å². The summed E-state index contributed by atoms with van der Waals surface area (Å²) >= 11 is 0. The average molecular weight is 222 g/mol. The fourth-order valence-corrected chi connectivity index (χ4v) is 1.79. The molecule has 1 fully saturated rings. The molecule has 1 aliphatic heterocycles. The second-order valence-corrected chi connectivity index (χ2v) is 3.88. The van der Waals surface area contributed by atoms with E-state index in [-0.39, 0.29) is 11.8 Å². The summed E-state index contributed by atoms with van der Waals surface area (Å²) in [5.74, 6) is 0.0847. The molecular formula is C10H14N4O2. The first-order chi connectivity index (χ1) is 7.66. The van der Waals surface area contributed by atoms with Gasteiger partial charge in [-0.2, -0.15) is 0 Å². The van der Waals surface area contributed by atoms with Crippen LogP contribution in [0.15, 0.2) is 12.1 Å². The van der Waals surface area contributed by atoms with Gasteiger partial charge in [0.25, 0.3) is 5.91 Å². The first-order valence-electron chi connectivity index (χ1n) is 5.23. The Morgan fingerprint density at radius 3 is 2.88 bits per heavy atom. The number of aliphatic hydroxyl groups excluding tert-OH is 1. The molecule has 6 nitrogen and oxygen atoms in total. The van der Waals surface area contributed by atoms with Gasteiger partial charge in [0.15, 0.2) is 11.5 Å². The molecule has 0 aromatic carbocycles. The van der Waals surface area contributed by atoms with Gasteiger partial charge in [-0.15, -0.1) is 10.2 Å². The van der Waals surface area contributed by atoms with Crippen LogP contribution in [0.2, 0.25) is 0 Å². The van der Waals surface area contributed by atoms with E-state index >= 15 is 0 Å². The molecule has 0 saturated carbocycles. The number of anilines is 1. The van der Waals surface area contributed by atoms with Crippen LogP contribution in [0, 0.1) is 0 Å². The van der Waals surface area contributed by atoms with Gasteiger partial charge in [-0.05, 0) is 25.0 Å². The van der Waals surface area contributed by atoms with E-state index in [1.54, 1.807) is 12.1 Å². The minimum atomic E-state index is -0.585. The lowest BCUT2D eigenvalue weighted by atomic mass is 10.1. The number of amides is 1. The van der Waals surface area contributed by atoms with Crippen molar-refractivity contribution in [3.8, 4) is 0 Å². The standard InChI is InChI=1S/C10H14N4O2/c11-10(16)8-3-4-9(13-12-8)14-5-1-2-7(15)6-14/h3-4,7,15H,1-2,5-6H2,(H2,11,16)/t7-/m1/s1. The van der Waals surface area contributed by atoms with Crippen molar-refractivity contribution in [3.05, 3.63) is 17.8 Å². The van der Waals surface area contributed by atoms with E-state index in [1.165, 1.54) is 0 Å². The topological polar surface area (TPSA) is 92.3 Å². The summed E-state index contributed by atoms with van der Waals surface area (Å²) in [4.78, 5) is 12.8. The maximum absolute atomic E-state index is 10.8. The van der Waals surface area contributed by atoms with Crippen LogP contribution in [0.1, 0.15) is 23.3 Å². The number of carbonyl (C=O) groups is 1. The molecule has 86 valence electrons. The summed E-state index contributed by atoms with van der Waals surface area (Å²) in [7, 11) is 0. The zero-order valence-corrected chi connectivity index (χ0v) is 8.83. The first kappa shape index (κ1) is 10.8. The molecular weight excluding hydrogens is 208 g/mol. The number of hydrogen-bond acceptors (Lipinski definition) is 5. The number of piperidine rings is 1. The van der Waals surface area contributed by atoms with Gasteiger partial charge in [0, 0.05) is 13.1 Å². The van der Waals surface area contributed by atoms with Crippen molar-refractivity contribution in [1.29, 1.82) is 0 Å². The molecule has 1 aliphatic rings.